The van der Waals surface area contributed by atoms with Crippen molar-refractivity contribution in [3.8, 4) is 0 Å². The molecule has 1 aliphatic rings. The second-order valence-electron chi connectivity index (χ2n) is 6.25. The van der Waals surface area contributed by atoms with Crippen molar-refractivity contribution in [1.82, 2.24) is 0 Å². The van der Waals surface area contributed by atoms with Crippen molar-refractivity contribution >= 4 is 5.69 Å². The van der Waals surface area contributed by atoms with E-state index in [1.54, 1.807) is 0 Å². The molecular weight excluding hydrogens is 218 g/mol. The normalized spacial score (nSPS) is 24.2. The number of nitrogens with one attached hydrogen (secondary N) is 1. The average molecular weight is 245 g/mol. The molecule has 18 heavy (non-hydrogen) atoms. The summed E-state index contributed by atoms with van der Waals surface area (Å²) in [5.41, 5.74) is 2.78. The van der Waals surface area contributed by atoms with Crippen LogP contribution in [-0.2, 0) is 0 Å². The van der Waals surface area contributed by atoms with Gasteiger partial charge in [-0.15, -0.1) is 0 Å². The number of hydrogen-bond acceptors (Lipinski definition) is 1. The van der Waals surface area contributed by atoms with Gasteiger partial charge >= 0.3 is 0 Å². The van der Waals surface area contributed by atoms with Gasteiger partial charge in [0.2, 0.25) is 0 Å². The molecule has 0 unspecified atom stereocenters. The molecule has 0 atom stereocenters. The van der Waals surface area contributed by atoms with Crippen LogP contribution in [0.25, 0.3) is 0 Å². The molecule has 100 valence electrons. The van der Waals surface area contributed by atoms with E-state index in [2.05, 4.69) is 50.4 Å². The molecule has 0 bridgehead atoms. The van der Waals surface area contributed by atoms with Crippen molar-refractivity contribution in [3.63, 3.8) is 0 Å². The summed E-state index contributed by atoms with van der Waals surface area (Å²) in [5.74, 6) is 2.42. The molecule has 0 radical (unpaired) electrons. The fourth-order valence-corrected chi connectivity index (χ4v) is 2.95. The summed E-state index contributed by atoms with van der Waals surface area (Å²) in [7, 11) is 0. The Morgan fingerprint density at radius 1 is 1.11 bits per heavy atom. The van der Waals surface area contributed by atoms with Crippen LogP contribution in [0.4, 0.5) is 5.69 Å². The first-order valence-electron chi connectivity index (χ1n) is 7.49. The minimum absolute atomic E-state index is 0.597. The van der Waals surface area contributed by atoms with Gasteiger partial charge in [0.1, 0.15) is 0 Å². The molecule has 1 saturated carbocycles. The first-order valence-corrected chi connectivity index (χ1v) is 7.49. The lowest BCUT2D eigenvalue weighted by Gasteiger charge is -2.27. The Balaban J connectivity index is 1.90. The zero-order valence-electron chi connectivity index (χ0n) is 12.1. The van der Waals surface area contributed by atoms with Crippen LogP contribution in [0.1, 0.15) is 57.9 Å². The van der Waals surface area contributed by atoms with Gasteiger partial charge in [0.15, 0.2) is 0 Å². The Morgan fingerprint density at radius 2 is 1.78 bits per heavy atom. The van der Waals surface area contributed by atoms with Gasteiger partial charge < -0.3 is 5.32 Å². The Kier molecular flexibility index (Phi) is 4.68. The molecule has 1 fully saturated rings. The standard InChI is InChI=1S/C17H27N/c1-13(2)16-6-4-5-7-17(16)18-12-15-10-8-14(3)9-11-15/h4-7,13-15,18H,8-12H2,1-3H3. The van der Waals surface area contributed by atoms with Crippen LogP contribution in [0.2, 0.25) is 0 Å². The second kappa shape index (κ2) is 6.26. The highest BCUT2D eigenvalue weighted by Crippen LogP contribution is 2.29. The van der Waals surface area contributed by atoms with E-state index >= 15 is 0 Å². The Bertz CT molecular complexity index is 362. The molecule has 1 N–H and O–H groups in total. The Hall–Kier alpha value is -0.980. The van der Waals surface area contributed by atoms with Crippen molar-refractivity contribution in [1.29, 1.82) is 0 Å². The molecule has 1 heteroatoms. The van der Waals surface area contributed by atoms with Crippen LogP contribution in [0.15, 0.2) is 24.3 Å². The van der Waals surface area contributed by atoms with Gasteiger partial charge in [-0.05, 0) is 42.2 Å². The molecule has 0 spiro atoms. The molecule has 2 rings (SSSR count). The van der Waals surface area contributed by atoms with E-state index in [1.165, 1.54) is 36.9 Å². The minimum Gasteiger partial charge on any atom is -0.385 e. The van der Waals surface area contributed by atoms with Crippen molar-refractivity contribution in [2.75, 3.05) is 11.9 Å². The van der Waals surface area contributed by atoms with Crippen LogP contribution in [-0.4, -0.2) is 6.54 Å². The fraction of sp³-hybridized carbons (Fsp3) is 0.647. The maximum Gasteiger partial charge on any atom is 0.0375 e. The summed E-state index contributed by atoms with van der Waals surface area (Å²) < 4.78 is 0. The lowest BCUT2D eigenvalue weighted by molar-refractivity contribution is 0.300. The third kappa shape index (κ3) is 3.51. The van der Waals surface area contributed by atoms with Gasteiger partial charge in [-0.3, -0.25) is 0 Å². The van der Waals surface area contributed by atoms with Crippen LogP contribution in [0.3, 0.4) is 0 Å². The largest absolute Gasteiger partial charge is 0.385 e. The lowest BCUT2D eigenvalue weighted by atomic mass is 9.83. The van der Waals surface area contributed by atoms with Gasteiger partial charge in [-0.1, -0.05) is 51.8 Å². The molecule has 0 saturated heterocycles. The van der Waals surface area contributed by atoms with Crippen LogP contribution in [0, 0.1) is 11.8 Å². The Labute approximate surface area is 112 Å². The molecule has 1 nitrogen and oxygen atoms in total. The van der Waals surface area contributed by atoms with Gasteiger partial charge in [0, 0.05) is 12.2 Å². The van der Waals surface area contributed by atoms with Crippen molar-refractivity contribution in [2.24, 2.45) is 11.8 Å². The molecule has 0 heterocycles. The van der Waals surface area contributed by atoms with Crippen molar-refractivity contribution in [3.05, 3.63) is 29.8 Å². The molecule has 0 aliphatic heterocycles. The van der Waals surface area contributed by atoms with Gasteiger partial charge in [0.25, 0.3) is 0 Å². The molecule has 0 aromatic heterocycles. The minimum atomic E-state index is 0.597. The average Bonchev–Trinajstić information content (AvgIpc) is 2.38. The number of hydrogen-bond donors (Lipinski definition) is 1. The molecule has 1 aromatic rings. The van der Waals surface area contributed by atoms with E-state index < -0.39 is 0 Å². The molecule has 0 amide bonds. The van der Waals surface area contributed by atoms with Gasteiger partial charge in [-0.2, -0.15) is 0 Å². The smallest absolute Gasteiger partial charge is 0.0375 e. The molecule has 1 aromatic carbocycles. The lowest BCUT2D eigenvalue weighted by Crippen LogP contribution is -2.20. The quantitative estimate of drug-likeness (QED) is 0.783. The SMILES string of the molecule is CC1CCC(CNc2ccccc2C(C)C)CC1. The van der Waals surface area contributed by atoms with Crippen LogP contribution in [0.5, 0.6) is 0 Å². The first-order chi connectivity index (χ1) is 8.66. The van der Waals surface area contributed by atoms with E-state index in [0.717, 1.165) is 18.4 Å². The van der Waals surface area contributed by atoms with Gasteiger partial charge in [0.05, 0.1) is 0 Å². The van der Waals surface area contributed by atoms with Crippen LogP contribution >= 0.6 is 0 Å². The summed E-state index contributed by atoms with van der Waals surface area (Å²) in [5, 5.41) is 3.68. The summed E-state index contributed by atoms with van der Waals surface area (Å²) in [6.45, 7) is 8.07. The maximum absolute atomic E-state index is 3.68. The van der Waals surface area contributed by atoms with E-state index in [4.69, 9.17) is 0 Å². The Morgan fingerprint density at radius 3 is 2.44 bits per heavy atom. The predicted octanol–water partition coefficient (Wildman–Crippen LogP) is 5.05. The molecular formula is C17H27N. The van der Waals surface area contributed by atoms with Gasteiger partial charge in [-0.25, -0.2) is 0 Å². The summed E-state index contributed by atoms with van der Waals surface area (Å²) in [6.07, 6.45) is 5.63. The van der Waals surface area contributed by atoms with Crippen molar-refractivity contribution < 1.29 is 0 Å². The highest BCUT2D eigenvalue weighted by Gasteiger charge is 2.18. The van der Waals surface area contributed by atoms with Crippen LogP contribution < -0.4 is 5.32 Å². The topological polar surface area (TPSA) is 12.0 Å². The maximum atomic E-state index is 3.68. The monoisotopic (exact) mass is 245 g/mol. The molecule has 1 aliphatic carbocycles. The fourth-order valence-electron chi connectivity index (χ4n) is 2.95. The van der Waals surface area contributed by atoms with E-state index in [1.807, 2.05) is 0 Å². The first kappa shape index (κ1) is 13.5. The highest BCUT2D eigenvalue weighted by atomic mass is 14.9. The van der Waals surface area contributed by atoms with E-state index in [9.17, 15) is 0 Å². The highest BCUT2D eigenvalue weighted by molar-refractivity contribution is 5.52. The third-order valence-electron chi connectivity index (χ3n) is 4.30. The number of rotatable bonds is 4. The van der Waals surface area contributed by atoms with Crippen molar-refractivity contribution in [2.45, 2.75) is 52.4 Å². The van der Waals surface area contributed by atoms with E-state index in [0.29, 0.717) is 5.92 Å². The van der Waals surface area contributed by atoms with E-state index in [-0.39, 0.29) is 0 Å². The third-order valence-corrected chi connectivity index (χ3v) is 4.30. The zero-order chi connectivity index (χ0) is 13.0. The summed E-state index contributed by atoms with van der Waals surface area (Å²) in [4.78, 5) is 0. The number of benzene rings is 1. The summed E-state index contributed by atoms with van der Waals surface area (Å²) >= 11 is 0. The zero-order valence-corrected chi connectivity index (χ0v) is 12.1. The number of anilines is 1. The second-order valence-corrected chi connectivity index (χ2v) is 6.25. The predicted molar refractivity (Wildman–Crippen MR) is 80.1 cm³/mol. The summed E-state index contributed by atoms with van der Waals surface area (Å²) in [6, 6.07) is 8.75. The number of para-hydroxylation sites is 1.